The molecule has 0 saturated carbocycles. The van der Waals surface area contributed by atoms with Crippen LogP contribution >= 0.6 is 11.6 Å². The molecule has 7 heteroatoms. The van der Waals surface area contributed by atoms with Crippen molar-refractivity contribution in [2.24, 2.45) is 0 Å². The van der Waals surface area contributed by atoms with Crippen molar-refractivity contribution in [2.75, 3.05) is 5.32 Å². The second kappa shape index (κ2) is 4.14. The third-order valence-electron chi connectivity index (χ3n) is 1.82. The lowest BCUT2D eigenvalue weighted by Crippen LogP contribution is -2.11. The number of anilines is 1. The molecule has 0 spiro atoms. The van der Waals surface area contributed by atoms with Crippen molar-refractivity contribution in [3.05, 3.63) is 39.8 Å². The quantitative estimate of drug-likeness (QED) is 0.720. The Morgan fingerprint density at radius 2 is 2.33 bits per heavy atom. The largest absolute Gasteiger partial charge is 0.377 e. The minimum absolute atomic E-state index is 0.101. The predicted octanol–water partition coefficient (Wildman–Crippen LogP) is 0.758. The molecule has 3 N–H and O–H groups in total. The van der Waals surface area contributed by atoms with E-state index in [1.807, 2.05) is 0 Å². The van der Waals surface area contributed by atoms with E-state index in [-0.39, 0.29) is 5.02 Å². The number of nitrogens with zero attached hydrogens (tertiary/aromatic N) is 2. The number of aromatic nitrogens is 4. The summed E-state index contributed by atoms with van der Waals surface area (Å²) < 4.78 is 0. The maximum absolute atomic E-state index is 11.1. The number of nitrogens with one attached hydrogen (secondary N) is 3. The van der Waals surface area contributed by atoms with Gasteiger partial charge in [0.25, 0.3) is 5.56 Å². The van der Waals surface area contributed by atoms with Gasteiger partial charge in [-0.15, -0.1) is 0 Å². The molecule has 0 atom stereocenters. The number of rotatable bonds is 3. The van der Waals surface area contributed by atoms with Crippen LogP contribution in [0.2, 0.25) is 5.02 Å². The Hall–Kier alpha value is -1.82. The number of imidazole rings is 1. The maximum atomic E-state index is 11.1. The van der Waals surface area contributed by atoms with Gasteiger partial charge in [0.2, 0.25) is 0 Å². The van der Waals surface area contributed by atoms with E-state index in [0.717, 1.165) is 5.69 Å². The zero-order chi connectivity index (χ0) is 10.7. The smallest absolute Gasteiger partial charge is 0.285 e. The Balaban J connectivity index is 2.12. The van der Waals surface area contributed by atoms with Gasteiger partial charge in [-0.25, -0.2) is 10.1 Å². The fourth-order valence-electron chi connectivity index (χ4n) is 1.08. The minimum Gasteiger partial charge on any atom is -0.377 e. The zero-order valence-electron chi connectivity index (χ0n) is 7.62. The summed E-state index contributed by atoms with van der Waals surface area (Å²) in [6.07, 6.45) is 4.72. The molecule has 78 valence electrons. The summed E-state index contributed by atoms with van der Waals surface area (Å²) in [4.78, 5) is 17.9. The van der Waals surface area contributed by atoms with E-state index in [1.165, 1.54) is 6.20 Å². The molecule has 0 aliphatic rings. The molecule has 2 rings (SSSR count). The summed E-state index contributed by atoms with van der Waals surface area (Å²) in [5.41, 5.74) is 0.979. The summed E-state index contributed by atoms with van der Waals surface area (Å²) in [5.74, 6) is 0. The van der Waals surface area contributed by atoms with Crippen LogP contribution in [-0.2, 0) is 6.54 Å². The summed E-state index contributed by atoms with van der Waals surface area (Å²) in [6, 6.07) is 0. The van der Waals surface area contributed by atoms with Crippen molar-refractivity contribution in [3.8, 4) is 0 Å². The van der Waals surface area contributed by atoms with Gasteiger partial charge in [0, 0.05) is 6.20 Å². The Bertz CT molecular complexity index is 492. The molecular weight excluding hydrogens is 218 g/mol. The molecule has 0 fully saturated rings. The highest BCUT2D eigenvalue weighted by atomic mass is 35.5. The van der Waals surface area contributed by atoms with E-state index >= 15 is 0 Å². The van der Waals surface area contributed by atoms with Crippen LogP contribution in [0.15, 0.2) is 23.5 Å². The van der Waals surface area contributed by atoms with E-state index in [1.54, 1.807) is 12.5 Å². The van der Waals surface area contributed by atoms with Crippen LogP contribution < -0.4 is 10.9 Å². The molecule has 0 bridgehead atoms. The number of hydrogen-bond donors (Lipinski definition) is 3. The molecule has 2 aromatic rings. The highest BCUT2D eigenvalue weighted by molar-refractivity contribution is 6.32. The van der Waals surface area contributed by atoms with E-state index < -0.39 is 5.56 Å². The van der Waals surface area contributed by atoms with Crippen LogP contribution in [0.4, 0.5) is 5.69 Å². The number of aromatic amines is 2. The average molecular weight is 226 g/mol. The Kier molecular flexibility index (Phi) is 2.68. The van der Waals surface area contributed by atoms with Gasteiger partial charge in [0.05, 0.1) is 30.5 Å². The van der Waals surface area contributed by atoms with Crippen molar-refractivity contribution in [1.29, 1.82) is 0 Å². The third-order valence-corrected chi connectivity index (χ3v) is 2.19. The molecule has 6 nitrogen and oxygen atoms in total. The topological polar surface area (TPSA) is 86.5 Å². The molecule has 0 unspecified atom stereocenters. The second-order valence-electron chi connectivity index (χ2n) is 2.86. The van der Waals surface area contributed by atoms with Crippen LogP contribution in [0.25, 0.3) is 0 Å². The first-order valence-corrected chi connectivity index (χ1v) is 4.59. The molecule has 0 amide bonds. The molecule has 0 aromatic carbocycles. The fourth-order valence-corrected chi connectivity index (χ4v) is 1.24. The molecule has 0 radical (unpaired) electrons. The van der Waals surface area contributed by atoms with Crippen molar-refractivity contribution < 1.29 is 0 Å². The summed E-state index contributed by atoms with van der Waals surface area (Å²) in [7, 11) is 0. The molecular formula is C8H8ClN5O. The number of H-pyrrole nitrogens is 2. The highest BCUT2D eigenvalue weighted by Gasteiger charge is 2.04. The van der Waals surface area contributed by atoms with Crippen LogP contribution in [0.1, 0.15) is 5.69 Å². The zero-order valence-corrected chi connectivity index (χ0v) is 8.38. The summed E-state index contributed by atoms with van der Waals surface area (Å²) in [5, 5.41) is 8.94. The first-order chi connectivity index (χ1) is 7.27. The van der Waals surface area contributed by atoms with Gasteiger partial charge in [-0.05, 0) is 0 Å². The van der Waals surface area contributed by atoms with Gasteiger partial charge in [-0.2, -0.15) is 5.10 Å². The van der Waals surface area contributed by atoms with Crippen LogP contribution in [0.5, 0.6) is 0 Å². The van der Waals surface area contributed by atoms with Gasteiger partial charge < -0.3 is 10.3 Å². The highest BCUT2D eigenvalue weighted by Crippen LogP contribution is 2.14. The lowest BCUT2D eigenvalue weighted by molar-refractivity contribution is 0.977. The van der Waals surface area contributed by atoms with Crippen LogP contribution in [-0.4, -0.2) is 20.2 Å². The van der Waals surface area contributed by atoms with Crippen molar-refractivity contribution in [1.82, 2.24) is 20.2 Å². The molecule has 2 heterocycles. The van der Waals surface area contributed by atoms with E-state index in [2.05, 4.69) is 25.5 Å². The third kappa shape index (κ3) is 2.16. The lowest BCUT2D eigenvalue weighted by Gasteiger charge is -2.04. The molecule has 15 heavy (non-hydrogen) atoms. The predicted molar refractivity (Wildman–Crippen MR) is 55.8 cm³/mol. The Morgan fingerprint density at radius 1 is 1.47 bits per heavy atom. The second-order valence-corrected chi connectivity index (χ2v) is 3.24. The molecule has 0 saturated heterocycles. The van der Waals surface area contributed by atoms with Crippen molar-refractivity contribution in [3.63, 3.8) is 0 Å². The van der Waals surface area contributed by atoms with Crippen molar-refractivity contribution >= 4 is 17.3 Å². The molecule has 0 aliphatic heterocycles. The van der Waals surface area contributed by atoms with Crippen molar-refractivity contribution in [2.45, 2.75) is 6.54 Å². The van der Waals surface area contributed by atoms with E-state index in [4.69, 9.17) is 11.6 Å². The molecule has 0 aliphatic carbocycles. The lowest BCUT2D eigenvalue weighted by atomic mass is 10.4. The number of halogens is 1. The molecule has 2 aromatic heterocycles. The Morgan fingerprint density at radius 3 is 3.07 bits per heavy atom. The monoisotopic (exact) mass is 225 g/mol. The first kappa shape index (κ1) is 9.72. The van der Waals surface area contributed by atoms with Gasteiger partial charge in [-0.3, -0.25) is 4.79 Å². The normalized spacial score (nSPS) is 10.2. The standard InChI is InChI=1S/C8H8ClN5O/c9-7-6(3-13-14-8(7)15)11-2-5-1-10-4-12-5/h1,3-4H,2H2,(H,10,12)(H2,11,14,15). The minimum atomic E-state index is -0.411. The van der Waals surface area contributed by atoms with Crippen LogP contribution in [0.3, 0.4) is 0 Å². The van der Waals surface area contributed by atoms with Crippen LogP contribution in [0, 0.1) is 0 Å². The first-order valence-electron chi connectivity index (χ1n) is 4.21. The van der Waals surface area contributed by atoms with E-state index in [0.29, 0.717) is 12.2 Å². The van der Waals surface area contributed by atoms with Gasteiger partial charge in [0.15, 0.2) is 0 Å². The summed E-state index contributed by atoms with van der Waals surface area (Å²) in [6.45, 7) is 0.505. The van der Waals surface area contributed by atoms with E-state index in [9.17, 15) is 4.79 Å². The number of hydrogen-bond acceptors (Lipinski definition) is 4. The van der Waals surface area contributed by atoms with Gasteiger partial charge in [0.1, 0.15) is 5.02 Å². The average Bonchev–Trinajstić information content (AvgIpc) is 2.73. The summed E-state index contributed by atoms with van der Waals surface area (Å²) >= 11 is 5.76. The van der Waals surface area contributed by atoms with Gasteiger partial charge >= 0.3 is 0 Å². The maximum Gasteiger partial charge on any atom is 0.285 e. The Labute approximate surface area is 89.7 Å². The fraction of sp³-hybridized carbons (Fsp3) is 0.125. The SMILES string of the molecule is O=c1[nH]ncc(NCc2cnc[nH]2)c1Cl. The van der Waals surface area contributed by atoms with Gasteiger partial charge in [-0.1, -0.05) is 11.6 Å².